The van der Waals surface area contributed by atoms with Gasteiger partial charge in [-0.3, -0.25) is 0 Å². The van der Waals surface area contributed by atoms with Gasteiger partial charge in [0, 0.05) is 0 Å². The Morgan fingerprint density at radius 1 is 1.30 bits per heavy atom. The van der Waals surface area contributed by atoms with Gasteiger partial charge in [-0.1, -0.05) is 24.3 Å². The van der Waals surface area contributed by atoms with E-state index in [0.29, 0.717) is 0 Å². The fourth-order valence-corrected chi connectivity index (χ4v) is 2.29. The number of fused-ring (bicyclic) bond motifs is 2. The van der Waals surface area contributed by atoms with E-state index in [2.05, 4.69) is 31.2 Å². The number of rotatable bonds is 1. The number of hydrogen-bond acceptors (Lipinski definition) is 0. The smallest absolute Gasteiger partial charge is 0.0165 e. The molecular formula is C10H14. The normalized spacial score (nSPS) is 43.9. The van der Waals surface area contributed by atoms with Gasteiger partial charge in [0.25, 0.3) is 0 Å². The molecule has 2 aliphatic carbocycles. The van der Waals surface area contributed by atoms with Crippen LogP contribution < -0.4 is 0 Å². The lowest BCUT2D eigenvalue weighted by atomic mass is 9.93. The van der Waals surface area contributed by atoms with E-state index >= 15 is 0 Å². The lowest BCUT2D eigenvalue weighted by Gasteiger charge is -2.12. The first-order valence-electron chi connectivity index (χ1n) is 4.21. The average Bonchev–Trinajstić information content (AvgIpc) is 2.48. The maximum absolute atomic E-state index is 2.40. The van der Waals surface area contributed by atoms with Gasteiger partial charge in [-0.25, -0.2) is 0 Å². The molecule has 0 spiro atoms. The molecule has 2 bridgehead atoms. The van der Waals surface area contributed by atoms with Gasteiger partial charge < -0.3 is 0 Å². The van der Waals surface area contributed by atoms with Gasteiger partial charge in [-0.15, -0.1) is 0 Å². The fraction of sp³-hybridized carbons (Fsp3) is 0.600. The maximum atomic E-state index is 2.40. The second-order valence-electron chi connectivity index (χ2n) is 3.47. The van der Waals surface area contributed by atoms with Crippen molar-refractivity contribution in [1.82, 2.24) is 0 Å². The largest absolute Gasteiger partial charge is 0.0914 e. The maximum Gasteiger partial charge on any atom is -0.0165 e. The molecule has 0 N–H and O–H groups in total. The summed E-state index contributed by atoms with van der Waals surface area (Å²) in [6, 6.07) is 0. The minimum absolute atomic E-state index is 0.875. The van der Waals surface area contributed by atoms with E-state index in [9.17, 15) is 0 Å². The van der Waals surface area contributed by atoms with Crippen LogP contribution in [-0.4, -0.2) is 0 Å². The van der Waals surface area contributed by atoms with Crippen LogP contribution in [0, 0.1) is 17.8 Å². The second kappa shape index (κ2) is 2.26. The molecule has 2 aliphatic rings. The van der Waals surface area contributed by atoms with Crippen LogP contribution in [0.1, 0.15) is 19.8 Å². The van der Waals surface area contributed by atoms with Gasteiger partial charge in [0.15, 0.2) is 0 Å². The zero-order valence-corrected chi connectivity index (χ0v) is 6.46. The SMILES string of the molecule is C/C=C/[C@@H]1C[C@H]2C=C[C@@H]1C2. The first-order valence-corrected chi connectivity index (χ1v) is 4.21. The second-order valence-corrected chi connectivity index (χ2v) is 3.47. The van der Waals surface area contributed by atoms with Gasteiger partial charge in [0.1, 0.15) is 0 Å². The average molecular weight is 134 g/mol. The molecule has 0 aromatic heterocycles. The van der Waals surface area contributed by atoms with E-state index < -0.39 is 0 Å². The number of hydrogen-bond donors (Lipinski definition) is 0. The van der Waals surface area contributed by atoms with E-state index in [1.165, 1.54) is 12.8 Å². The topological polar surface area (TPSA) is 0 Å². The summed E-state index contributed by atoms with van der Waals surface area (Å²) in [4.78, 5) is 0. The molecule has 0 amide bonds. The van der Waals surface area contributed by atoms with Crippen LogP contribution in [0.15, 0.2) is 24.3 Å². The Balaban J connectivity index is 2.09. The van der Waals surface area contributed by atoms with E-state index in [4.69, 9.17) is 0 Å². The molecule has 1 fully saturated rings. The molecule has 0 saturated heterocycles. The van der Waals surface area contributed by atoms with Gasteiger partial charge in [0.2, 0.25) is 0 Å². The minimum atomic E-state index is 0.875. The highest BCUT2D eigenvalue weighted by Gasteiger charge is 2.33. The van der Waals surface area contributed by atoms with Crippen molar-refractivity contribution in [2.24, 2.45) is 17.8 Å². The van der Waals surface area contributed by atoms with Crippen molar-refractivity contribution in [2.75, 3.05) is 0 Å². The lowest BCUT2D eigenvalue weighted by Crippen LogP contribution is -2.02. The van der Waals surface area contributed by atoms with E-state index in [-0.39, 0.29) is 0 Å². The quantitative estimate of drug-likeness (QED) is 0.484. The van der Waals surface area contributed by atoms with E-state index in [1.54, 1.807) is 0 Å². The third kappa shape index (κ3) is 0.828. The van der Waals surface area contributed by atoms with Crippen molar-refractivity contribution in [1.29, 1.82) is 0 Å². The van der Waals surface area contributed by atoms with Gasteiger partial charge in [-0.05, 0) is 37.5 Å². The van der Waals surface area contributed by atoms with Crippen LogP contribution in [0.3, 0.4) is 0 Å². The Morgan fingerprint density at radius 3 is 2.70 bits per heavy atom. The third-order valence-corrected chi connectivity index (χ3v) is 2.77. The van der Waals surface area contributed by atoms with E-state index in [0.717, 1.165) is 17.8 Å². The molecule has 0 aliphatic heterocycles. The highest BCUT2D eigenvalue weighted by atomic mass is 14.4. The van der Waals surface area contributed by atoms with Crippen LogP contribution in [0.4, 0.5) is 0 Å². The molecule has 0 heteroatoms. The summed E-state index contributed by atoms with van der Waals surface area (Å²) in [7, 11) is 0. The van der Waals surface area contributed by atoms with Crippen LogP contribution >= 0.6 is 0 Å². The predicted octanol–water partition coefficient (Wildman–Crippen LogP) is 2.77. The molecule has 0 nitrogen and oxygen atoms in total. The predicted molar refractivity (Wildman–Crippen MR) is 43.7 cm³/mol. The van der Waals surface area contributed by atoms with Gasteiger partial charge >= 0.3 is 0 Å². The molecule has 0 heterocycles. The highest BCUT2D eigenvalue weighted by Crippen LogP contribution is 2.43. The van der Waals surface area contributed by atoms with Crippen molar-refractivity contribution in [3.8, 4) is 0 Å². The Kier molecular flexibility index (Phi) is 1.40. The summed E-state index contributed by atoms with van der Waals surface area (Å²) in [5.74, 6) is 2.69. The fourth-order valence-electron chi connectivity index (χ4n) is 2.29. The Hall–Kier alpha value is -0.520. The van der Waals surface area contributed by atoms with Gasteiger partial charge in [-0.2, -0.15) is 0 Å². The molecule has 0 radical (unpaired) electrons. The third-order valence-electron chi connectivity index (χ3n) is 2.77. The van der Waals surface area contributed by atoms with E-state index in [1.807, 2.05) is 0 Å². The molecular weight excluding hydrogens is 120 g/mol. The van der Waals surface area contributed by atoms with Crippen LogP contribution in [0.25, 0.3) is 0 Å². The zero-order chi connectivity index (χ0) is 6.97. The van der Waals surface area contributed by atoms with Crippen LogP contribution in [0.5, 0.6) is 0 Å². The molecule has 0 aromatic carbocycles. The Morgan fingerprint density at radius 2 is 2.20 bits per heavy atom. The van der Waals surface area contributed by atoms with Crippen molar-refractivity contribution >= 4 is 0 Å². The molecule has 0 unspecified atom stereocenters. The summed E-state index contributed by atoms with van der Waals surface area (Å²) in [6.45, 7) is 2.12. The summed E-state index contributed by atoms with van der Waals surface area (Å²) < 4.78 is 0. The van der Waals surface area contributed by atoms with Crippen molar-refractivity contribution < 1.29 is 0 Å². The monoisotopic (exact) mass is 134 g/mol. The van der Waals surface area contributed by atoms with Crippen molar-refractivity contribution in [2.45, 2.75) is 19.8 Å². The van der Waals surface area contributed by atoms with Gasteiger partial charge in [0.05, 0.1) is 0 Å². The Bertz CT molecular complexity index is 176. The van der Waals surface area contributed by atoms with Crippen molar-refractivity contribution in [3.63, 3.8) is 0 Å². The molecule has 54 valence electrons. The number of allylic oxidation sites excluding steroid dienone is 4. The molecule has 10 heavy (non-hydrogen) atoms. The Labute approximate surface area is 62.6 Å². The van der Waals surface area contributed by atoms with Crippen molar-refractivity contribution in [3.05, 3.63) is 24.3 Å². The molecule has 0 aromatic rings. The highest BCUT2D eigenvalue weighted by molar-refractivity contribution is 5.13. The molecule has 2 rings (SSSR count). The van der Waals surface area contributed by atoms with Crippen LogP contribution in [0.2, 0.25) is 0 Å². The summed E-state index contributed by atoms with van der Waals surface area (Å²) in [6.07, 6.45) is 12.2. The molecule has 3 atom stereocenters. The summed E-state index contributed by atoms with van der Waals surface area (Å²) in [5.41, 5.74) is 0. The molecule has 1 saturated carbocycles. The zero-order valence-electron chi connectivity index (χ0n) is 6.46. The minimum Gasteiger partial charge on any atom is -0.0914 e. The summed E-state index contributed by atoms with van der Waals surface area (Å²) in [5, 5.41) is 0. The first-order chi connectivity index (χ1) is 4.90. The summed E-state index contributed by atoms with van der Waals surface area (Å²) >= 11 is 0. The standard InChI is InChI=1S/C10H14/c1-2-3-9-6-8-4-5-10(9)7-8/h2-5,8-10H,6-7H2,1H3/b3-2+/t8-,9-,10-/m1/s1. The lowest BCUT2D eigenvalue weighted by molar-refractivity contribution is 0.549. The van der Waals surface area contributed by atoms with Crippen LogP contribution in [-0.2, 0) is 0 Å². The first kappa shape index (κ1) is 6.21.